The van der Waals surface area contributed by atoms with Gasteiger partial charge in [-0.2, -0.15) is 8.78 Å². The molecule has 0 unspecified atom stereocenters. The largest absolute Gasteiger partial charge is 0.321 e. The summed E-state index contributed by atoms with van der Waals surface area (Å²) in [7, 11) is 0. The maximum Gasteiger partial charge on any atom is 0.298 e. The van der Waals surface area contributed by atoms with E-state index in [4.69, 9.17) is 4.98 Å². The first-order valence-corrected chi connectivity index (χ1v) is 22.9. The van der Waals surface area contributed by atoms with Crippen LogP contribution in [0.3, 0.4) is 0 Å². The van der Waals surface area contributed by atoms with Crippen molar-refractivity contribution in [3.8, 4) is 28.1 Å². The molecule has 4 nitrogen and oxygen atoms in total. The van der Waals surface area contributed by atoms with Gasteiger partial charge in [-0.25, -0.2) is 4.98 Å². The molecule has 1 saturated carbocycles. The Hall–Kier alpha value is -7.83. The zero-order valence-corrected chi connectivity index (χ0v) is 36.7. The van der Waals surface area contributed by atoms with Gasteiger partial charge in [0.2, 0.25) is 0 Å². The molecule has 6 heteroatoms. The molecule has 0 amide bonds. The van der Waals surface area contributed by atoms with Crippen LogP contribution in [0.4, 0.5) is 31.5 Å². The first-order valence-electron chi connectivity index (χ1n) is 24.9. The Morgan fingerprint density at radius 2 is 1.09 bits per heavy atom. The Kier molecular flexibility index (Phi) is 8.99. The van der Waals surface area contributed by atoms with Crippen molar-refractivity contribution >= 4 is 44.6 Å². The van der Waals surface area contributed by atoms with E-state index in [1.165, 1.54) is 12.1 Å². The summed E-state index contributed by atoms with van der Waals surface area (Å²) in [6.45, 7) is 0.380. The number of fused-ring (bicyclic) bond motifs is 4. The third-order valence-electron chi connectivity index (χ3n) is 13.5. The number of para-hydroxylation sites is 4. The number of hydrogen-bond acceptors (Lipinski definition) is 3. The molecule has 0 atom stereocenters. The zero-order valence-electron chi connectivity index (χ0n) is 40.7. The number of halogens is 2. The standard InChI is InChI=1S/C61H48F2N4/c62-61(63,48-33-34-53-52-27-11-12-30-54(52)67(57(53)40-48)58-41-46(35-38-64-58)60(36-15-4-16-37-60)45-23-9-3-10-24-45)47-25-17-26-49(39-47)65-42-66(56-32-14-13-31-55(56)65)59-50(43-19-5-1-6-20-43)28-18-29-51(59)44-21-7-2-8-22-44/h1-3,5-14,17-35,38-41H,4,15-16,36-37,42H2/i36D2,37D2. The first-order chi connectivity index (χ1) is 34.5. The molecule has 12 rings (SSSR count). The van der Waals surface area contributed by atoms with Gasteiger partial charge in [-0.3, -0.25) is 4.57 Å². The molecule has 2 aliphatic rings. The number of pyridine rings is 1. The van der Waals surface area contributed by atoms with Crippen LogP contribution in [-0.2, 0) is 11.3 Å². The van der Waals surface area contributed by atoms with Crippen molar-refractivity contribution in [1.29, 1.82) is 0 Å². The van der Waals surface area contributed by atoms with E-state index < -0.39 is 24.1 Å². The van der Waals surface area contributed by atoms with Gasteiger partial charge < -0.3 is 9.80 Å². The highest BCUT2D eigenvalue weighted by molar-refractivity contribution is 6.09. The summed E-state index contributed by atoms with van der Waals surface area (Å²) in [5, 5.41) is 1.59. The molecule has 1 aliphatic heterocycles. The monoisotopic (exact) mass is 878 g/mol. The summed E-state index contributed by atoms with van der Waals surface area (Å²) in [6, 6.07) is 66.9. The van der Waals surface area contributed by atoms with Crippen LogP contribution in [0, 0.1) is 0 Å². The topological polar surface area (TPSA) is 24.3 Å². The van der Waals surface area contributed by atoms with Crippen LogP contribution in [0.5, 0.6) is 0 Å². The molecule has 3 heterocycles. The van der Waals surface area contributed by atoms with Gasteiger partial charge in [0.25, 0.3) is 5.92 Å². The third kappa shape index (κ3) is 6.89. The maximum absolute atomic E-state index is 17.6. The van der Waals surface area contributed by atoms with Crippen LogP contribution in [0.2, 0.25) is 0 Å². The summed E-state index contributed by atoms with van der Waals surface area (Å²) < 4.78 is 75.0. The lowest BCUT2D eigenvalue weighted by molar-refractivity contribution is 0.0430. The molecule has 0 bridgehead atoms. The number of alkyl halides is 2. The predicted octanol–water partition coefficient (Wildman–Crippen LogP) is 16.2. The fourth-order valence-corrected chi connectivity index (χ4v) is 10.4. The van der Waals surface area contributed by atoms with Crippen molar-refractivity contribution in [2.45, 2.75) is 43.3 Å². The van der Waals surface area contributed by atoms with Crippen molar-refractivity contribution in [3.05, 3.63) is 241 Å². The lowest BCUT2D eigenvalue weighted by atomic mass is 9.65. The first kappa shape index (κ1) is 36.4. The Morgan fingerprint density at radius 1 is 0.493 bits per heavy atom. The van der Waals surface area contributed by atoms with E-state index in [1.807, 2.05) is 108 Å². The normalized spacial score (nSPS) is 17.1. The van der Waals surface area contributed by atoms with E-state index in [0.29, 0.717) is 41.2 Å². The van der Waals surface area contributed by atoms with Crippen LogP contribution in [0.15, 0.2) is 219 Å². The molecule has 0 radical (unpaired) electrons. The molecule has 1 fully saturated rings. The molecular weight excluding hydrogens is 827 g/mol. The summed E-state index contributed by atoms with van der Waals surface area (Å²) >= 11 is 0. The molecule has 8 aromatic carbocycles. The molecule has 1 aliphatic carbocycles. The Morgan fingerprint density at radius 3 is 1.81 bits per heavy atom. The van der Waals surface area contributed by atoms with Crippen LogP contribution < -0.4 is 9.80 Å². The SMILES string of the molecule is [2H]C1([2H])CCCC([2H])([2H])C1(c1ccccc1)c1ccnc(-n2c3ccccc3c3ccc(C(F)(F)c4cccc(N5CN(c6c(-c7ccccc7)cccc6-c6ccccc6)c6ccccc65)c4)cc32)c1. The fraction of sp³-hybridized carbons (Fsp3) is 0.131. The van der Waals surface area contributed by atoms with Gasteiger partial charge in [-0.15, -0.1) is 0 Å². The predicted molar refractivity (Wildman–Crippen MR) is 271 cm³/mol. The van der Waals surface area contributed by atoms with Gasteiger partial charge >= 0.3 is 0 Å². The maximum atomic E-state index is 17.6. The second kappa shape index (κ2) is 16.6. The summed E-state index contributed by atoms with van der Waals surface area (Å²) in [6.07, 6.45) is -1.59. The second-order valence-corrected chi connectivity index (χ2v) is 17.4. The van der Waals surface area contributed by atoms with E-state index in [1.54, 1.807) is 54.7 Å². The van der Waals surface area contributed by atoms with Gasteiger partial charge in [0.1, 0.15) is 12.5 Å². The van der Waals surface area contributed by atoms with E-state index in [9.17, 15) is 5.48 Å². The van der Waals surface area contributed by atoms with Crippen molar-refractivity contribution in [1.82, 2.24) is 9.55 Å². The molecule has 0 spiro atoms. The number of anilines is 4. The number of hydrogen-bond donors (Lipinski definition) is 0. The lowest BCUT2D eigenvalue weighted by Gasteiger charge is -2.38. The van der Waals surface area contributed by atoms with Crippen LogP contribution >= 0.6 is 0 Å². The summed E-state index contributed by atoms with van der Waals surface area (Å²) in [4.78, 5) is 9.21. The highest BCUT2D eigenvalue weighted by atomic mass is 19.3. The molecule has 0 N–H and O–H groups in total. The summed E-state index contributed by atoms with van der Waals surface area (Å²) in [5.41, 5.74) is 7.96. The minimum absolute atomic E-state index is 0.158. The minimum atomic E-state index is -3.44. The average Bonchev–Trinajstić information content (AvgIpc) is 3.95. The molecule has 0 saturated heterocycles. The van der Waals surface area contributed by atoms with E-state index >= 15 is 8.78 Å². The number of benzene rings is 8. The van der Waals surface area contributed by atoms with Gasteiger partial charge in [-0.1, -0.05) is 183 Å². The van der Waals surface area contributed by atoms with Gasteiger partial charge in [0.05, 0.1) is 28.1 Å². The van der Waals surface area contributed by atoms with Crippen molar-refractivity contribution in [2.75, 3.05) is 16.5 Å². The molecular formula is C61H48F2N4. The Labute approximate surface area is 395 Å². The highest BCUT2D eigenvalue weighted by Gasteiger charge is 2.38. The van der Waals surface area contributed by atoms with Gasteiger partial charge in [-0.05, 0) is 83.5 Å². The molecule has 2 aromatic heterocycles. The third-order valence-corrected chi connectivity index (χ3v) is 13.5. The lowest BCUT2D eigenvalue weighted by Crippen LogP contribution is -2.30. The van der Waals surface area contributed by atoms with Crippen LogP contribution in [0.25, 0.3) is 49.9 Å². The van der Waals surface area contributed by atoms with E-state index in [-0.39, 0.29) is 24.0 Å². The van der Waals surface area contributed by atoms with Crippen molar-refractivity contribution in [2.24, 2.45) is 0 Å². The Balaban J connectivity index is 0.959. The minimum Gasteiger partial charge on any atom is -0.321 e. The van der Waals surface area contributed by atoms with Gasteiger partial charge in [0, 0.05) is 55.8 Å². The van der Waals surface area contributed by atoms with E-state index in [0.717, 1.165) is 55.6 Å². The quantitative estimate of drug-likeness (QED) is 0.144. The number of aromatic nitrogens is 2. The Bertz CT molecular complexity index is 3550. The summed E-state index contributed by atoms with van der Waals surface area (Å²) in [5.74, 6) is -3.06. The fourth-order valence-electron chi connectivity index (χ4n) is 10.4. The van der Waals surface area contributed by atoms with Gasteiger partial charge in [0.15, 0.2) is 0 Å². The van der Waals surface area contributed by atoms with Crippen LogP contribution in [-0.4, -0.2) is 16.2 Å². The molecule has 326 valence electrons. The average molecular weight is 879 g/mol. The number of nitrogens with zero attached hydrogens (tertiary/aromatic N) is 4. The molecule has 67 heavy (non-hydrogen) atoms. The number of rotatable bonds is 9. The van der Waals surface area contributed by atoms with Crippen molar-refractivity contribution in [3.63, 3.8) is 0 Å². The van der Waals surface area contributed by atoms with Crippen molar-refractivity contribution < 1.29 is 14.3 Å². The molecule has 10 aromatic rings. The van der Waals surface area contributed by atoms with E-state index in [2.05, 4.69) is 58.3 Å². The van der Waals surface area contributed by atoms with Crippen LogP contribution in [0.1, 0.15) is 59.7 Å². The second-order valence-electron chi connectivity index (χ2n) is 17.4. The highest BCUT2D eigenvalue weighted by Crippen LogP contribution is 2.51. The smallest absolute Gasteiger partial charge is 0.298 e. The zero-order chi connectivity index (χ0) is 48.5.